The predicted molar refractivity (Wildman–Crippen MR) is 161 cm³/mol. The fourth-order valence-electron chi connectivity index (χ4n) is 6.02. The molecule has 1 fully saturated rings. The van der Waals surface area contributed by atoms with Crippen LogP contribution in [0.1, 0.15) is 12.8 Å². The average Bonchev–Trinajstić information content (AvgIpc) is 3.30. The molecule has 1 N–H and O–H groups in total. The van der Waals surface area contributed by atoms with Gasteiger partial charge in [0.2, 0.25) is 0 Å². The molecular formula is C33H36O2P2. The molecule has 0 spiro atoms. The second-order valence-corrected chi connectivity index (χ2v) is 14.4. The van der Waals surface area contributed by atoms with Crippen LogP contribution in [0.15, 0.2) is 121 Å². The lowest BCUT2D eigenvalue weighted by molar-refractivity contribution is 0.0517. The Morgan fingerprint density at radius 1 is 0.649 bits per heavy atom. The molecule has 4 heteroatoms. The Bertz CT molecular complexity index is 1130. The van der Waals surface area contributed by atoms with Crippen LogP contribution in [0.4, 0.5) is 0 Å². The standard InChI is InChI=1S/C33H36O2P2/c1-35-32-24-33(37(28-18-10-4-11-19-28)29-20-12-5-13-21-29)31(30(32)22-23-34)25-36(26-14-6-2-7-15-26)27-16-8-3-9-17-27/h2-21,30-34H,22-25H2,1H3/t30-,31-,32+,33+/m1/s1. The van der Waals surface area contributed by atoms with E-state index in [1.807, 2.05) is 7.11 Å². The van der Waals surface area contributed by atoms with Crippen molar-refractivity contribution in [3.05, 3.63) is 121 Å². The molecule has 0 aliphatic heterocycles. The molecule has 1 saturated carbocycles. The summed E-state index contributed by atoms with van der Waals surface area (Å²) in [6.07, 6.45) is 3.10. The molecule has 0 heterocycles. The predicted octanol–water partition coefficient (Wildman–Crippen LogP) is 5.65. The van der Waals surface area contributed by atoms with Gasteiger partial charge in [0, 0.05) is 13.7 Å². The fraction of sp³-hybridized carbons (Fsp3) is 0.273. The molecule has 0 radical (unpaired) electrons. The van der Waals surface area contributed by atoms with Crippen LogP contribution < -0.4 is 21.2 Å². The summed E-state index contributed by atoms with van der Waals surface area (Å²) in [5.41, 5.74) is 0.485. The number of ether oxygens (including phenoxy) is 1. The minimum absolute atomic E-state index is 0.169. The minimum Gasteiger partial charge on any atom is -0.396 e. The number of aliphatic hydroxyl groups excluding tert-OH is 1. The number of rotatable bonds is 10. The van der Waals surface area contributed by atoms with Gasteiger partial charge in [-0.1, -0.05) is 121 Å². The summed E-state index contributed by atoms with van der Waals surface area (Å²) in [4.78, 5) is 0. The van der Waals surface area contributed by atoms with Crippen molar-refractivity contribution in [2.24, 2.45) is 11.8 Å². The summed E-state index contributed by atoms with van der Waals surface area (Å²) in [6.45, 7) is 0.205. The second kappa shape index (κ2) is 12.9. The van der Waals surface area contributed by atoms with Gasteiger partial charge in [0.25, 0.3) is 0 Å². The third kappa shape index (κ3) is 6.05. The number of hydrogen-bond acceptors (Lipinski definition) is 2. The first kappa shape index (κ1) is 26.3. The van der Waals surface area contributed by atoms with E-state index in [1.165, 1.54) is 21.2 Å². The van der Waals surface area contributed by atoms with E-state index < -0.39 is 15.8 Å². The zero-order chi connectivity index (χ0) is 25.5. The first-order chi connectivity index (χ1) is 18.3. The van der Waals surface area contributed by atoms with Crippen molar-refractivity contribution in [2.75, 3.05) is 19.9 Å². The van der Waals surface area contributed by atoms with Crippen molar-refractivity contribution < 1.29 is 9.84 Å². The highest BCUT2D eigenvalue weighted by atomic mass is 31.1. The van der Waals surface area contributed by atoms with Gasteiger partial charge in [-0.05, 0) is 73.6 Å². The number of methoxy groups -OCH3 is 1. The maximum absolute atomic E-state index is 10.1. The minimum atomic E-state index is -0.581. The van der Waals surface area contributed by atoms with Crippen molar-refractivity contribution in [3.63, 3.8) is 0 Å². The molecular weight excluding hydrogens is 490 g/mol. The number of hydrogen-bond donors (Lipinski definition) is 1. The smallest absolute Gasteiger partial charge is 0.0609 e. The average molecular weight is 527 g/mol. The van der Waals surface area contributed by atoms with Crippen molar-refractivity contribution in [1.29, 1.82) is 0 Å². The third-order valence-corrected chi connectivity index (χ3v) is 13.3. The van der Waals surface area contributed by atoms with E-state index in [0.29, 0.717) is 17.5 Å². The molecule has 2 nitrogen and oxygen atoms in total. The summed E-state index contributed by atoms with van der Waals surface area (Å²) in [6, 6.07) is 44.3. The SMILES string of the molecule is CO[C@H]1C[C@H](P(c2ccccc2)c2ccccc2)[C@H](CP(c2ccccc2)c2ccccc2)[C@H]1CCO. The molecule has 0 bridgehead atoms. The zero-order valence-electron chi connectivity index (χ0n) is 21.4. The summed E-state index contributed by atoms with van der Waals surface area (Å²) < 4.78 is 6.16. The monoisotopic (exact) mass is 526 g/mol. The molecule has 1 aliphatic rings. The Kier molecular flexibility index (Phi) is 9.19. The first-order valence-electron chi connectivity index (χ1n) is 13.2. The number of aliphatic hydroxyl groups is 1. The zero-order valence-corrected chi connectivity index (χ0v) is 23.2. The van der Waals surface area contributed by atoms with E-state index in [2.05, 4.69) is 121 Å². The van der Waals surface area contributed by atoms with Crippen molar-refractivity contribution >= 4 is 37.1 Å². The van der Waals surface area contributed by atoms with Crippen molar-refractivity contribution in [3.8, 4) is 0 Å². The maximum atomic E-state index is 10.1. The fourth-order valence-corrected chi connectivity index (χ4v) is 12.1. The van der Waals surface area contributed by atoms with Gasteiger partial charge in [-0.2, -0.15) is 0 Å². The van der Waals surface area contributed by atoms with Gasteiger partial charge >= 0.3 is 0 Å². The second-order valence-electron chi connectivity index (χ2n) is 9.74. The Labute approximate surface area is 224 Å². The van der Waals surface area contributed by atoms with E-state index in [1.54, 1.807) is 0 Å². The molecule has 37 heavy (non-hydrogen) atoms. The lowest BCUT2D eigenvalue weighted by Gasteiger charge is -2.35. The van der Waals surface area contributed by atoms with Gasteiger partial charge in [0.05, 0.1) is 6.10 Å². The highest BCUT2D eigenvalue weighted by Gasteiger charge is 2.47. The Balaban J connectivity index is 1.60. The lowest BCUT2D eigenvalue weighted by atomic mass is 9.93. The number of benzene rings is 4. The molecule has 4 aromatic rings. The molecule has 5 rings (SSSR count). The molecule has 0 saturated heterocycles. The van der Waals surface area contributed by atoms with E-state index in [9.17, 15) is 5.11 Å². The van der Waals surface area contributed by atoms with Gasteiger partial charge in [-0.25, -0.2) is 0 Å². The van der Waals surface area contributed by atoms with Crippen LogP contribution in [0.25, 0.3) is 0 Å². The molecule has 0 unspecified atom stereocenters. The van der Waals surface area contributed by atoms with Crippen LogP contribution in [0.3, 0.4) is 0 Å². The highest BCUT2D eigenvalue weighted by molar-refractivity contribution is 7.74. The van der Waals surface area contributed by atoms with Crippen LogP contribution in [-0.4, -0.2) is 36.7 Å². The van der Waals surface area contributed by atoms with Crippen LogP contribution in [0.2, 0.25) is 0 Å². The van der Waals surface area contributed by atoms with E-state index in [4.69, 9.17) is 4.74 Å². The lowest BCUT2D eigenvalue weighted by Crippen LogP contribution is -2.32. The Morgan fingerprint density at radius 2 is 1.08 bits per heavy atom. The third-order valence-electron chi connectivity index (χ3n) is 7.69. The van der Waals surface area contributed by atoms with E-state index >= 15 is 0 Å². The van der Waals surface area contributed by atoms with Crippen molar-refractivity contribution in [2.45, 2.75) is 24.6 Å². The van der Waals surface area contributed by atoms with Crippen molar-refractivity contribution in [1.82, 2.24) is 0 Å². The summed E-state index contributed by atoms with van der Waals surface area (Å²) >= 11 is 0. The molecule has 0 aromatic heterocycles. The molecule has 4 atom stereocenters. The first-order valence-corrected chi connectivity index (χ1v) is 16.1. The van der Waals surface area contributed by atoms with Crippen LogP contribution in [0.5, 0.6) is 0 Å². The van der Waals surface area contributed by atoms with Gasteiger partial charge in [-0.3, -0.25) is 0 Å². The van der Waals surface area contributed by atoms with Crippen LogP contribution in [-0.2, 0) is 4.74 Å². The molecule has 190 valence electrons. The van der Waals surface area contributed by atoms with Gasteiger partial charge in [0.1, 0.15) is 0 Å². The quantitative estimate of drug-likeness (QED) is 0.271. The van der Waals surface area contributed by atoms with Crippen LogP contribution >= 0.6 is 15.8 Å². The largest absolute Gasteiger partial charge is 0.396 e. The summed E-state index contributed by atoms with van der Waals surface area (Å²) in [5, 5.41) is 15.9. The summed E-state index contributed by atoms with van der Waals surface area (Å²) in [7, 11) is 0.740. The summed E-state index contributed by atoms with van der Waals surface area (Å²) in [5.74, 6) is 0.796. The molecule has 1 aliphatic carbocycles. The van der Waals surface area contributed by atoms with Gasteiger partial charge < -0.3 is 9.84 Å². The van der Waals surface area contributed by atoms with E-state index in [0.717, 1.165) is 19.0 Å². The Morgan fingerprint density at radius 3 is 1.49 bits per heavy atom. The highest BCUT2D eigenvalue weighted by Crippen LogP contribution is 2.56. The molecule has 0 amide bonds. The van der Waals surface area contributed by atoms with E-state index in [-0.39, 0.29) is 12.7 Å². The molecule has 4 aromatic carbocycles. The van der Waals surface area contributed by atoms with Crippen LogP contribution in [0, 0.1) is 11.8 Å². The van der Waals surface area contributed by atoms with Gasteiger partial charge in [0.15, 0.2) is 0 Å². The normalized spacial score (nSPS) is 21.5. The van der Waals surface area contributed by atoms with Gasteiger partial charge in [-0.15, -0.1) is 0 Å². The Hall–Kier alpha value is -2.34. The maximum Gasteiger partial charge on any atom is 0.0609 e. The topological polar surface area (TPSA) is 29.5 Å².